The number of carbonyl (C=O) groups excluding carboxylic acids is 2. The summed E-state index contributed by atoms with van der Waals surface area (Å²) < 4.78 is 0. The van der Waals surface area contributed by atoms with Gasteiger partial charge in [-0.2, -0.15) is 0 Å². The minimum Gasteiger partial charge on any atom is -0.385 e. The van der Waals surface area contributed by atoms with E-state index in [0.717, 1.165) is 4.90 Å². The number of hydrogen-bond donors (Lipinski definition) is 8. The molecule has 4 heterocycles. The van der Waals surface area contributed by atoms with E-state index in [1.807, 2.05) is 0 Å². The molecular weight excluding hydrogens is 334 g/mol. The zero-order valence-corrected chi connectivity index (χ0v) is 13.1. The van der Waals surface area contributed by atoms with Gasteiger partial charge >= 0.3 is 0 Å². The Labute approximate surface area is 141 Å². The summed E-state index contributed by atoms with van der Waals surface area (Å²) in [5, 5.41) is 55.4. The van der Waals surface area contributed by atoms with Crippen molar-refractivity contribution in [1.29, 1.82) is 10.8 Å². The lowest BCUT2D eigenvalue weighted by Gasteiger charge is -2.51. The first-order valence-corrected chi connectivity index (χ1v) is 7.90. The van der Waals surface area contributed by atoms with Crippen LogP contribution in [0.4, 0.5) is 0 Å². The van der Waals surface area contributed by atoms with E-state index in [-0.39, 0.29) is 49.7 Å². The zero-order chi connectivity index (χ0) is 18.1. The van der Waals surface area contributed by atoms with Crippen LogP contribution in [0.1, 0.15) is 12.8 Å². The van der Waals surface area contributed by atoms with Crippen LogP contribution in [0, 0.1) is 10.8 Å². The molecule has 8 N–H and O–H groups in total. The zero-order valence-electron chi connectivity index (χ0n) is 13.1. The molecule has 4 saturated heterocycles. The van der Waals surface area contributed by atoms with E-state index in [0.29, 0.717) is 0 Å². The molecule has 3 unspecified atom stereocenters. The van der Waals surface area contributed by atoms with Crippen LogP contribution < -0.4 is 16.0 Å². The lowest BCUT2D eigenvalue weighted by atomic mass is 9.85. The van der Waals surface area contributed by atoms with E-state index in [1.54, 1.807) is 0 Å². The molecule has 2 amide bonds. The number of rotatable bonds is 2. The van der Waals surface area contributed by atoms with Gasteiger partial charge in [0, 0.05) is 12.8 Å². The fourth-order valence-corrected chi connectivity index (χ4v) is 4.19. The van der Waals surface area contributed by atoms with Gasteiger partial charge in [-0.05, 0) is 0 Å². The molecule has 25 heavy (non-hydrogen) atoms. The molecule has 0 aromatic rings. The molecule has 1 spiro atoms. The van der Waals surface area contributed by atoms with Crippen molar-refractivity contribution in [3.05, 3.63) is 0 Å². The number of imide groups is 1. The van der Waals surface area contributed by atoms with Gasteiger partial charge in [0.05, 0.1) is 25.2 Å². The summed E-state index contributed by atoms with van der Waals surface area (Å²) in [6.07, 6.45) is -1.34. The fraction of sp³-hybridized carbons (Fsp3) is 0.692. The van der Waals surface area contributed by atoms with Crippen LogP contribution in [-0.2, 0) is 9.59 Å². The number of carbonyl (C=O) groups is 2. The number of hydrogen-bond acceptors (Lipinski definition) is 7. The molecular formula is C13H19N7O5. The molecule has 4 aliphatic heterocycles. The molecule has 0 aromatic heterocycles. The lowest BCUT2D eigenvalue weighted by molar-refractivity contribution is -0.258. The first-order chi connectivity index (χ1) is 11.7. The van der Waals surface area contributed by atoms with Crippen LogP contribution in [0.3, 0.4) is 0 Å². The highest BCUT2D eigenvalue weighted by atomic mass is 16.5. The quantitative estimate of drug-likeness (QED) is 0.179. The van der Waals surface area contributed by atoms with Gasteiger partial charge in [0.15, 0.2) is 17.6 Å². The maximum atomic E-state index is 11.9. The second kappa shape index (κ2) is 4.80. The van der Waals surface area contributed by atoms with Crippen LogP contribution in [0.25, 0.3) is 0 Å². The second-order valence-electron chi connectivity index (χ2n) is 6.74. The predicted molar refractivity (Wildman–Crippen MR) is 81.0 cm³/mol. The standard InChI is InChI=1S/C13H19N7O5/c14-10-17-9-5(3-19-7(22)1-2-8(19)23)16-11(15)20-4-6(21)13(24,25)12(9,20)18-10/h5-6,9,21,24-25H,1-4H2,(H2,15,16)(H3,14,17,18)/t5?,6-,9?,12?/m0/s1. The molecule has 136 valence electrons. The van der Waals surface area contributed by atoms with Crippen molar-refractivity contribution < 1.29 is 24.9 Å². The summed E-state index contributed by atoms with van der Waals surface area (Å²) in [5.74, 6) is -3.73. The smallest absolute Gasteiger partial charge is 0.237 e. The summed E-state index contributed by atoms with van der Waals surface area (Å²) >= 11 is 0. The molecule has 4 fully saturated rings. The molecule has 4 rings (SSSR count). The van der Waals surface area contributed by atoms with Crippen molar-refractivity contribution >= 4 is 23.7 Å². The molecule has 0 radical (unpaired) electrons. The number of aliphatic hydroxyl groups excluding tert-OH is 1. The van der Waals surface area contributed by atoms with Crippen molar-refractivity contribution in [3.8, 4) is 0 Å². The van der Waals surface area contributed by atoms with Gasteiger partial charge in [0.25, 0.3) is 0 Å². The summed E-state index contributed by atoms with van der Waals surface area (Å²) in [5.41, 5.74) is -1.76. The third kappa shape index (κ3) is 1.86. The highest BCUT2D eigenvalue weighted by Crippen LogP contribution is 2.42. The second-order valence-corrected chi connectivity index (χ2v) is 6.74. The molecule has 4 aliphatic rings. The Morgan fingerprint density at radius 3 is 2.44 bits per heavy atom. The van der Waals surface area contributed by atoms with Crippen LogP contribution in [0.15, 0.2) is 0 Å². The average Bonchev–Trinajstić information content (AvgIpc) is 3.11. The maximum Gasteiger partial charge on any atom is 0.237 e. The number of guanidine groups is 2. The first-order valence-electron chi connectivity index (χ1n) is 7.90. The Balaban J connectivity index is 1.72. The molecule has 0 aromatic carbocycles. The largest absolute Gasteiger partial charge is 0.385 e. The van der Waals surface area contributed by atoms with E-state index in [1.165, 1.54) is 4.90 Å². The Bertz CT molecular complexity index is 680. The topological polar surface area (TPSA) is 185 Å². The van der Waals surface area contributed by atoms with E-state index < -0.39 is 29.6 Å². The number of likely N-dealkylation sites (tertiary alicyclic amines) is 1. The number of aliphatic hydroxyl groups is 3. The van der Waals surface area contributed by atoms with E-state index >= 15 is 0 Å². The lowest BCUT2D eigenvalue weighted by Crippen LogP contribution is -2.81. The molecule has 0 saturated carbocycles. The van der Waals surface area contributed by atoms with Gasteiger partial charge in [0.1, 0.15) is 6.10 Å². The van der Waals surface area contributed by atoms with Crippen molar-refractivity contribution in [3.63, 3.8) is 0 Å². The first kappa shape index (κ1) is 16.1. The van der Waals surface area contributed by atoms with E-state index in [9.17, 15) is 24.9 Å². The van der Waals surface area contributed by atoms with Crippen molar-refractivity contribution in [2.45, 2.75) is 42.5 Å². The van der Waals surface area contributed by atoms with Gasteiger partial charge in [-0.1, -0.05) is 0 Å². The van der Waals surface area contributed by atoms with Gasteiger partial charge < -0.3 is 36.2 Å². The highest BCUT2D eigenvalue weighted by molar-refractivity contribution is 6.02. The number of amides is 2. The highest BCUT2D eigenvalue weighted by Gasteiger charge is 2.74. The van der Waals surface area contributed by atoms with Gasteiger partial charge in [-0.3, -0.25) is 25.3 Å². The van der Waals surface area contributed by atoms with Crippen molar-refractivity contribution in [1.82, 2.24) is 25.8 Å². The number of nitrogens with one attached hydrogen (secondary N) is 5. The third-order valence-electron chi connectivity index (χ3n) is 5.40. The third-order valence-corrected chi connectivity index (χ3v) is 5.40. The van der Waals surface area contributed by atoms with Crippen LogP contribution in [0.5, 0.6) is 0 Å². The Hall–Kier alpha value is -2.44. The van der Waals surface area contributed by atoms with E-state index in [2.05, 4.69) is 16.0 Å². The van der Waals surface area contributed by atoms with Gasteiger partial charge in [-0.15, -0.1) is 0 Å². The SMILES string of the molecule is N=C1NC2C(CN3C(=O)CCC3=O)NC(=N)N3C[C@H](O)C(O)(O)C23N1. The maximum absolute atomic E-state index is 11.9. The summed E-state index contributed by atoms with van der Waals surface area (Å²) in [6.45, 7) is -0.319. The molecule has 4 atom stereocenters. The van der Waals surface area contributed by atoms with Gasteiger partial charge in [0.2, 0.25) is 17.6 Å². The molecule has 0 bridgehead atoms. The minimum absolute atomic E-state index is 0.0889. The van der Waals surface area contributed by atoms with Crippen molar-refractivity contribution in [2.75, 3.05) is 13.1 Å². The van der Waals surface area contributed by atoms with Crippen molar-refractivity contribution in [2.24, 2.45) is 0 Å². The molecule has 0 aliphatic carbocycles. The monoisotopic (exact) mass is 353 g/mol. The Morgan fingerprint density at radius 1 is 1.16 bits per heavy atom. The molecule has 12 heteroatoms. The minimum atomic E-state index is -2.65. The van der Waals surface area contributed by atoms with Crippen LogP contribution in [0.2, 0.25) is 0 Å². The number of nitrogens with zero attached hydrogens (tertiary/aromatic N) is 2. The normalized spacial score (nSPS) is 39.1. The Kier molecular flexibility index (Phi) is 3.08. The average molecular weight is 353 g/mol. The summed E-state index contributed by atoms with van der Waals surface area (Å²) in [4.78, 5) is 26.1. The molecule has 12 nitrogen and oxygen atoms in total. The van der Waals surface area contributed by atoms with Gasteiger partial charge in [-0.25, -0.2) is 0 Å². The van der Waals surface area contributed by atoms with Crippen LogP contribution in [-0.4, -0.2) is 91.6 Å². The Morgan fingerprint density at radius 2 is 1.80 bits per heavy atom. The summed E-state index contributed by atoms with van der Waals surface area (Å²) in [7, 11) is 0. The predicted octanol–water partition coefficient (Wildman–Crippen LogP) is -4.41. The fourth-order valence-electron chi connectivity index (χ4n) is 4.19. The van der Waals surface area contributed by atoms with E-state index in [4.69, 9.17) is 10.8 Å². The van der Waals surface area contributed by atoms with Crippen LogP contribution >= 0.6 is 0 Å². The summed E-state index contributed by atoms with van der Waals surface area (Å²) in [6, 6.07) is -1.64.